The van der Waals surface area contributed by atoms with Crippen LogP contribution in [0.5, 0.6) is 0 Å². The quantitative estimate of drug-likeness (QED) is 0.732. The molecule has 3 aliphatic rings. The van der Waals surface area contributed by atoms with Crippen LogP contribution in [0.25, 0.3) is 0 Å². The topological polar surface area (TPSA) is 86.8 Å². The zero-order valence-electron chi connectivity index (χ0n) is 12.0. The van der Waals surface area contributed by atoms with E-state index in [4.69, 9.17) is 0 Å². The van der Waals surface area contributed by atoms with Crippen LogP contribution in [-0.2, 0) is 14.4 Å². The minimum absolute atomic E-state index is 0.0117. The van der Waals surface area contributed by atoms with Crippen molar-refractivity contribution in [2.75, 3.05) is 13.6 Å². The largest absolute Gasteiger partial charge is 0.344 e. The second kappa shape index (κ2) is 5.13. The second-order valence-electron chi connectivity index (χ2n) is 6.09. The average molecular weight is 293 g/mol. The Balaban J connectivity index is 1.86. The van der Waals surface area contributed by atoms with Gasteiger partial charge in [0.1, 0.15) is 12.0 Å². The number of nitrogens with zero attached hydrogens (tertiary/aromatic N) is 2. The summed E-state index contributed by atoms with van der Waals surface area (Å²) in [6, 6.07) is -1.52. The third-order valence-electron chi connectivity index (χ3n) is 4.82. The van der Waals surface area contributed by atoms with E-state index in [1.807, 2.05) is 0 Å². The van der Waals surface area contributed by atoms with Gasteiger partial charge in [-0.15, -0.1) is 0 Å². The fourth-order valence-electron chi connectivity index (χ4n) is 3.65. The number of hydrogen-bond donors (Lipinski definition) is 1. The predicted molar refractivity (Wildman–Crippen MR) is 71.9 cm³/mol. The highest BCUT2D eigenvalue weighted by Crippen LogP contribution is 2.35. The first-order valence-corrected chi connectivity index (χ1v) is 7.43. The van der Waals surface area contributed by atoms with Crippen LogP contribution in [0.1, 0.15) is 32.1 Å². The molecule has 1 aliphatic carbocycles. The molecular weight excluding hydrogens is 274 g/mol. The van der Waals surface area contributed by atoms with Crippen LogP contribution in [0.15, 0.2) is 0 Å². The first kappa shape index (κ1) is 14.0. The molecule has 0 aromatic carbocycles. The molecule has 0 spiro atoms. The Morgan fingerprint density at radius 1 is 1.00 bits per heavy atom. The molecule has 21 heavy (non-hydrogen) atoms. The van der Waals surface area contributed by atoms with Crippen molar-refractivity contribution < 1.29 is 19.2 Å². The van der Waals surface area contributed by atoms with Crippen LogP contribution in [0.2, 0.25) is 0 Å². The van der Waals surface area contributed by atoms with E-state index in [0.717, 1.165) is 30.6 Å². The van der Waals surface area contributed by atoms with Crippen molar-refractivity contribution >= 4 is 23.8 Å². The van der Waals surface area contributed by atoms with E-state index in [0.29, 0.717) is 13.0 Å². The summed E-state index contributed by atoms with van der Waals surface area (Å²) in [7, 11) is 1.65. The first-order valence-electron chi connectivity index (χ1n) is 7.43. The van der Waals surface area contributed by atoms with Crippen molar-refractivity contribution in [3.8, 4) is 0 Å². The minimum atomic E-state index is -0.816. The van der Waals surface area contributed by atoms with Crippen molar-refractivity contribution in [2.24, 2.45) is 11.8 Å². The van der Waals surface area contributed by atoms with Crippen LogP contribution < -0.4 is 5.32 Å². The Morgan fingerprint density at radius 2 is 1.67 bits per heavy atom. The summed E-state index contributed by atoms with van der Waals surface area (Å²) < 4.78 is 0. The van der Waals surface area contributed by atoms with Gasteiger partial charge in [-0.05, 0) is 25.2 Å². The maximum Gasteiger partial charge on any atom is 0.331 e. The summed E-state index contributed by atoms with van der Waals surface area (Å²) in [6.45, 7) is 0.516. The van der Waals surface area contributed by atoms with E-state index >= 15 is 0 Å². The first-order chi connectivity index (χ1) is 10.0. The summed E-state index contributed by atoms with van der Waals surface area (Å²) in [5.74, 6) is -2.07. The highest BCUT2D eigenvalue weighted by molar-refractivity contribution is 6.17. The molecular formula is C14H19N3O4. The molecule has 7 heteroatoms. The van der Waals surface area contributed by atoms with E-state index in [1.165, 1.54) is 4.90 Å². The second-order valence-corrected chi connectivity index (χ2v) is 6.09. The van der Waals surface area contributed by atoms with Gasteiger partial charge in [0.05, 0.1) is 0 Å². The van der Waals surface area contributed by atoms with Crippen molar-refractivity contribution in [1.82, 2.24) is 15.1 Å². The lowest BCUT2D eigenvalue weighted by molar-refractivity contribution is -0.149. The summed E-state index contributed by atoms with van der Waals surface area (Å²) in [6.07, 6.45) is 4.08. The zero-order valence-corrected chi connectivity index (χ0v) is 12.0. The number of likely N-dealkylation sites (N-methyl/N-ethyl adjacent to an activating group) is 1. The van der Waals surface area contributed by atoms with Gasteiger partial charge in [-0.2, -0.15) is 0 Å². The van der Waals surface area contributed by atoms with E-state index in [9.17, 15) is 19.2 Å². The van der Waals surface area contributed by atoms with Gasteiger partial charge in [-0.1, -0.05) is 12.8 Å². The lowest BCUT2D eigenvalue weighted by Crippen LogP contribution is -2.63. The van der Waals surface area contributed by atoms with E-state index in [2.05, 4.69) is 5.32 Å². The number of rotatable bonds is 2. The molecule has 0 aromatic rings. The lowest BCUT2D eigenvalue weighted by atomic mass is 9.87. The summed E-state index contributed by atoms with van der Waals surface area (Å²) in [5.41, 5.74) is 0. The summed E-state index contributed by atoms with van der Waals surface area (Å²) in [5, 5.41) is 2.26. The molecule has 114 valence electrons. The molecule has 2 unspecified atom stereocenters. The molecule has 0 radical (unpaired) electrons. The van der Waals surface area contributed by atoms with Crippen LogP contribution in [0.3, 0.4) is 0 Å². The number of urea groups is 1. The van der Waals surface area contributed by atoms with Gasteiger partial charge in [0, 0.05) is 13.6 Å². The molecule has 1 N–H and O–H groups in total. The molecule has 5 amide bonds. The molecule has 2 heterocycles. The Hall–Kier alpha value is -1.92. The highest BCUT2D eigenvalue weighted by Gasteiger charge is 2.50. The minimum Gasteiger partial charge on any atom is -0.344 e. The van der Waals surface area contributed by atoms with E-state index in [1.54, 1.807) is 7.05 Å². The Morgan fingerprint density at radius 3 is 2.24 bits per heavy atom. The predicted octanol–water partition coefficient (Wildman–Crippen LogP) is 0.102. The Kier molecular flexibility index (Phi) is 3.43. The van der Waals surface area contributed by atoms with Gasteiger partial charge in [0.25, 0.3) is 0 Å². The monoisotopic (exact) mass is 293 g/mol. The number of nitrogens with one attached hydrogen (secondary N) is 1. The summed E-state index contributed by atoms with van der Waals surface area (Å²) in [4.78, 5) is 51.3. The van der Waals surface area contributed by atoms with Gasteiger partial charge in [-0.3, -0.25) is 24.6 Å². The standard InChI is InChI=1S/C14H19N3O4/c1-16-7-6-9(12(16)19)17-13(20)10(8-4-2-3-5-8)11(18)15-14(17)21/h8-10H,2-7H2,1H3,(H,15,18,21). The normalized spacial score (nSPS) is 31.3. The van der Waals surface area contributed by atoms with Crippen molar-refractivity contribution in [3.63, 3.8) is 0 Å². The maximum atomic E-state index is 12.6. The maximum absolute atomic E-state index is 12.6. The van der Waals surface area contributed by atoms with Crippen molar-refractivity contribution in [2.45, 2.75) is 38.1 Å². The van der Waals surface area contributed by atoms with Crippen LogP contribution in [-0.4, -0.2) is 53.2 Å². The van der Waals surface area contributed by atoms with Gasteiger partial charge in [0.15, 0.2) is 0 Å². The molecule has 2 atom stereocenters. The molecule has 3 fully saturated rings. The van der Waals surface area contributed by atoms with Gasteiger partial charge in [0.2, 0.25) is 17.7 Å². The fraction of sp³-hybridized carbons (Fsp3) is 0.714. The molecule has 2 saturated heterocycles. The zero-order chi connectivity index (χ0) is 15.1. The number of imide groups is 2. The lowest BCUT2D eigenvalue weighted by Gasteiger charge is -2.35. The Bertz CT molecular complexity index is 512. The van der Waals surface area contributed by atoms with Crippen LogP contribution in [0, 0.1) is 11.8 Å². The van der Waals surface area contributed by atoms with Crippen LogP contribution >= 0.6 is 0 Å². The molecule has 0 aromatic heterocycles. The third-order valence-corrected chi connectivity index (χ3v) is 4.82. The van der Waals surface area contributed by atoms with Crippen molar-refractivity contribution in [1.29, 1.82) is 0 Å². The molecule has 0 bridgehead atoms. The number of barbiturate groups is 1. The number of amides is 5. The third kappa shape index (κ3) is 2.20. The highest BCUT2D eigenvalue weighted by atomic mass is 16.2. The average Bonchev–Trinajstić information content (AvgIpc) is 3.04. The van der Waals surface area contributed by atoms with E-state index in [-0.39, 0.29) is 11.8 Å². The SMILES string of the molecule is CN1CCC(N2C(=O)NC(=O)C(C3CCCC3)C2=O)C1=O. The Labute approximate surface area is 122 Å². The summed E-state index contributed by atoms with van der Waals surface area (Å²) >= 11 is 0. The van der Waals surface area contributed by atoms with Gasteiger partial charge < -0.3 is 4.90 Å². The fourth-order valence-corrected chi connectivity index (χ4v) is 3.65. The van der Waals surface area contributed by atoms with Gasteiger partial charge >= 0.3 is 6.03 Å². The molecule has 1 saturated carbocycles. The van der Waals surface area contributed by atoms with E-state index < -0.39 is 29.8 Å². The number of hydrogen-bond acceptors (Lipinski definition) is 4. The number of carbonyl (C=O) groups is 4. The number of likely N-dealkylation sites (tertiary alicyclic amines) is 1. The van der Waals surface area contributed by atoms with Crippen LogP contribution in [0.4, 0.5) is 4.79 Å². The van der Waals surface area contributed by atoms with Gasteiger partial charge in [-0.25, -0.2) is 4.79 Å². The molecule has 3 rings (SSSR count). The van der Waals surface area contributed by atoms with Crippen molar-refractivity contribution in [3.05, 3.63) is 0 Å². The molecule has 7 nitrogen and oxygen atoms in total. The smallest absolute Gasteiger partial charge is 0.331 e. The molecule has 2 aliphatic heterocycles. The number of carbonyl (C=O) groups excluding carboxylic acids is 4.